The first-order valence-electron chi connectivity index (χ1n) is 6.57. The first-order chi connectivity index (χ1) is 10.4. The fraction of sp³-hybridized carbons (Fsp3) is 0.214. The zero-order valence-corrected chi connectivity index (χ0v) is 14.7. The molecule has 1 aromatic carbocycles. The van der Waals surface area contributed by atoms with E-state index in [1.54, 1.807) is 0 Å². The number of hydrogen-bond donors (Lipinski definition) is 4. The summed E-state index contributed by atoms with van der Waals surface area (Å²) in [4.78, 5) is 15.3. The van der Waals surface area contributed by atoms with Gasteiger partial charge < -0.3 is 16.4 Å². The van der Waals surface area contributed by atoms with Crippen molar-refractivity contribution in [2.24, 2.45) is 5.73 Å². The molecule has 2 aromatic rings. The van der Waals surface area contributed by atoms with Crippen LogP contribution in [0.5, 0.6) is 0 Å². The lowest BCUT2D eigenvalue weighted by atomic mass is 10.1. The highest BCUT2D eigenvalue weighted by Crippen LogP contribution is 2.29. The molecule has 0 atom stereocenters. The Morgan fingerprint density at radius 1 is 1.30 bits per heavy atom. The number of nitrogens with two attached hydrogens (primary N) is 1. The third kappa shape index (κ3) is 6.05. The van der Waals surface area contributed by atoms with Gasteiger partial charge in [0, 0.05) is 12.6 Å². The smallest absolute Gasteiger partial charge is 0.223 e. The van der Waals surface area contributed by atoms with Gasteiger partial charge in [-0.15, -0.1) is 12.4 Å². The van der Waals surface area contributed by atoms with E-state index < -0.39 is 0 Å². The molecule has 5 N–H and O–H groups in total. The summed E-state index contributed by atoms with van der Waals surface area (Å²) in [6.07, 6.45) is 1.47. The van der Waals surface area contributed by atoms with Gasteiger partial charge in [0.2, 0.25) is 5.91 Å². The molecule has 0 unspecified atom stereocenters. The first kappa shape index (κ1) is 19.2. The third-order valence-electron chi connectivity index (χ3n) is 2.82. The summed E-state index contributed by atoms with van der Waals surface area (Å²) < 4.78 is 0.596. The maximum absolute atomic E-state index is 11.0. The molecule has 0 spiro atoms. The predicted octanol–water partition coefficient (Wildman–Crippen LogP) is 3.27. The second-order valence-corrected chi connectivity index (χ2v) is 6.26. The molecule has 1 aromatic heterocycles. The number of thiazole rings is 1. The van der Waals surface area contributed by atoms with Gasteiger partial charge in [0.1, 0.15) is 4.34 Å². The molecule has 0 aliphatic carbocycles. The summed E-state index contributed by atoms with van der Waals surface area (Å²) in [5.41, 5.74) is 7.95. The fourth-order valence-corrected chi connectivity index (χ4v) is 3.01. The van der Waals surface area contributed by atoms with Crippen LogP contribution in [0.4, 0.5) is 10.8 Å². The topological polar surface area (TPSA) is 104 Å². The number of benzene rings is 1. The van der Waals surface area contributed by atoms with Gasteiger partial charge in [-0.3, -0.25) is 10.2 Å². The molecule has 0 fully saturated rings. The maximum atomic E-state index is 11.0. The van der Waals surface area contributed by atoms with Crippen LogP contribution in [0, 0.1) is 5.41 Å². The van der Waals surface area contributed by atoms with Gasteiger partial charge in [0.25, 0.3) is 0 Å². The van der Waals surface area contributed by atoms with Crippen molar-refractivity contribution in [3.63, 3.8) is 0 Å². The summed E-state index contributed by atoms with van der Waals surface area (Å²) in [7, 11) is 0. The summed E-state index contributed by atoms with van der Waals surface area (Å²) in [5.74, 6) is -0.252. The largest absolute Gasteiger partial charge is 0.370 e. The van der Waals surface area contributed by atoms with Crippen LogP contribution in [-0.2, 0) is 17.6 Å². The number of anilines is 2. The van der Waals surface area contributed by atoms with Gasteiger partial charge in [-0.2, -0.15) is 0 Å². The number of rotatable bonds is 5. The van der Waals surface area contributed by atoms with Crippen LogP contribution in [0.1, 0.15) is 18.2 Å². The first-order valence-corrected chi connectivity index (χ1v) is 7.76. The van der Waals surface area contributed by atoms with Crippen molar-refractivity contribution in [3.8, 4) is 0 Å². The van der Waals surface area contributed by atoms with Crippen LogP contribution in [-0.4, -0.2) is 16.9 Å². The van der Waals surface area contributed by atoms with E-state index in [-0.39, 0.29) is 24.3 Å². The fourth-order valence-electron chi connectivity index (χ4n) is 1.86. The van der Waals surface area contributed by atoms with E-state index >= 15 is 0 Å². The highest BCUT2D eigenvalue weighted by molar-refractivity contribution is 7.19. The Labute approximate surface area is 149 Å². The van der Waals surface area contributed by atoms with Crippen LogP contribution >= 0.6 is 35.3 Å². The number of hydrogen-bond acceptors (Lipinski definition) is 4. The number of carbonyl (C=O) groups is 1. The zero-order valence-electron chi connectivity index (χ0n) is 12.4. The second kappa shape index (κ2) is 8.71. The molecule has 1 amide bonds. The van der Waals surface area contributed by atoms with Crippen molar-refractivity contribution in [1.82, 2.24) is 4.98 Å². The van der Waals surface area contributed by atoms with E-state index in [0.29, 0.717) is 15.9 Å². The average molecular weight is 374 g/mol. The van der Waals surface area contributed by atoms with Crippen molar-refractivity contribution >= 4 is 58.0 Å². The van der Waals surface area contributed by atoms with Crippen LogP contribution in [0.25, 0.3) is 0 Å². The van der Waals surface area contributed by atoms with Gasteiger partial charge in [-0.1, -0.05) is 35.1 Å². The average Bonchev–Trinajstić information content (AvgIpc) is 2.76. The number of amides is 1. The van der Waals surface area contributed by atoms with Gasteiger partial charge in [-0.05, 0) is 30.5 Å². The van der Waals surface area contributed by atoms with E-state index in [2.05, 4.69) is 15.6 Å². The Bertz CT molecular complexity index is 687. The molecule has 0 saturated carbocycles. The zero-order chi connectivity index (χ0) is 16.1. The number of halogens is 2. The number of carbonyl (C=O) groups excluding carboxylic acids is 1. The minimum atomic E-state index is -0.162. The molecule has 0 bridgehead atoms. The van der Waals surface area contributed by atoms with Crippen LogP contribution < -0.4 is 16.4 Å². The Balaban J connectivity index is 0.00000264. The summed E-state index contributed by atoms with van der Waals surface area (Å²) in [6, 6.07) is 7.64. The lowest BCUT2D eigenvalue weighted by Gasteiger charge is -2.05. The molecule has 0 radical (unpaired) electrons. The quantitative estimate of drug-likeness (QED) is 0.476. The summed E-state index contributed by atoms with van der Waals surface area (Å²) in [5, 5.41) is 13.0. The number of guanidine groups is 1. The van der Waals surface area contributed by atoms with Crippen molar-refractivity contribution in [2.75, 3.05) is 10.6 Å². The number of aryl methyl sites for hydroxylation is 2. The number of nitrogens with zero attached hydrogens (tertiary/aromatic N) is 1. The third-order valence-corrected chi connectivity index (χ3v) is 4.07. The van der Waals surface area contributed by atoms with E-state index in [4.69, 9.17) is 22.7 Å². The number of nitrogens with one attached hydrogen (secondary N) is 3. The minimum Gasteiger partial charge on any atom is -0.370 e. The van der Waals surface area contributed by atoms with Crippen molar-refractivity contribution < 1.29 is 4.79 Å². The van der Waals surface area contributed by atoms with E-state index in [1.165, 1.54) is 18.3 Å². The molecule has 0 aliphatic heterocycles. The van der Waals surface area contributed by atoms with Crippen LogP contribution in [0.15, 0.2) is 24.3 Å². The molecule has 0 saturated heterocycles. The maximum Gasteiger partial charge on any atom is 0.223 e. The number of aromatic nitrogens is 1. The van der Waals surface area contributed by atoms with Crippen molar-refractivity contribution in [3.05, 3.63) is 39.9 Å². The summed E-state index contributed by atoms with van der Waals surface area (Å²) >= 11 is 7.40. The highest BCUT2D eigenvalue weighted by Gasteiger charge is 2.10. The van der Waals surface area contributed by atoms with Gasteiger partial charge >= 0.3 is 0 Å². The monoisotopic (exact) mass is 373 g/mol. The van der Waals surface area contributed by atoms with Crippen LogP contribution in [0.2, 0.25) is 4.34 Å². The lowest BCUT2D eigenvalue weighted by molar-refractivity contribution is -0.114. The van der Waals surface area contributed by atoms with Gasteiger partial charge in [0.05, 0.1) is 5.69 Å². The Kier molecular flexibility index (Phi) is 7.28. The molecule has 2 rings (SSSR count). The summed E-state index contributed by atoms with van der Waals surface area (Å²) in [6.45, 7) is 1.44. The van der Waals surface area contributed by atoms with E-state index in [0.717, 1.165) is 23.4 Å². The van der Waals surface area contributed by atoms with Crippen molar-refractivity contribution in [1.29, 1.82) is 5.41 Å². The second-order valence-electron chi connectivity index (χ2n) is 4.66. The Hall–Kier alpha value is -1.83. The van der Waals surface area contributed by atoms with Crippen molar-refractivity contribution in [2.45, 2.75) is 19.8 Å². The van der Waals surface area contributed by atoms with Gasteiger partial charge in [0.15, 0.2) is 11.1 Å². The van der Waals surface area contributed by atoms with Gasteiger partial charge in [-0.25, -0.2) is 4.98 Å². The molecule has 6 nitrogen and oxygen atoms in total. The molecule has 124 valence electrons. The molecule has 1 heterocycles. The predicted molar refractivity (Wildman–Crippen MR) is 98.1 cm³/mol. The lowest BCUT2D eigenvalue weighted by Crippen LogP contribution is -2.20. The molecule has 9 heteroatoms. The molecule has 0 aliphatic rings. The van der Waals surface area contributed by atoms with E-state index in [1.807, 2.05) is 24.3 Å². The minimum absolute atomic E-state index is 0. The van der Waals surface area contributed by atoms with E-state index in [9.17, 15) is 4.79 Å². The molecular weight excluding hydrogens is 357 g/mol. The Morgan fingerprint density at radius 2 is 1.96 bits per heavy atom. The SMILES string of the molecule is CC(=O)Nc1nc(CCc2ccc(NC(=N)N)cc2)c(Cl)s1.Cl. The highest BCUT2D eigenvalue weighted by atomic mass is 35.5. The molecular formula is C14H17Cl2N5OS. The van der Waals surface area contributed by atoms with Crippen LogP contribution in [0.3, 0.4) is 0 Å². The Morgan fingerprint density at radius 3 is 2.52 bits per heavy atom. The normalized spacial score (nSPS) is 9.83. The molecule has 23 heavy (non-hydrogen) atoms. The standard InChI is InChI=1S/C14H16ClN5OS.ClH/c1-8(21)18-14-20-11(12(15)22-14)7-4-9-2-5-10(6-3-9)19-13(16)17;/h2-3,5-6H,4,7H2,1H3,(H4,16,17,19)(H,18,20,21);1H.